The van der Waals surface area contributed by atoms with Crippen molar-refractivity contribution in [3.63, 3.8) is 0 Å². The highest BCUT2D eigenvalue weighted by Gasteiger charge is 2.21. The number of aliphatic imine (C=N–C) groups is 1. The minimum Gasteiger partial charge on any atom is -0.369 e. The fourth-order valence-electron chi connectivity index (χ4n) is 3.62. The summed E-state index contributed by atoms with van der Waals surface area (Å²) in [6, 6.07) is 0.376. The lowest BCUT2D eigenvalue weighted by atomic mass is 10.1. The van der Waals surface area contributed by atoms with E-state index >= 15 is 0 Å². The van der Waals surface area contributed by atoms with Gasteiger partial charge >= 0.3 is 0 Å². The maximum atomic E-state index is 11.0. The second kappa shape index (κ2) is 11.8. The quantitative estimate of drug-likeness (QED) is 0.282. The van der Waals surface area contributed by atoms with Gasteiger partial charge in [-0.2, -0.15) is 0 Å². The number of nitrogens with two attached hydrogens (primary N) is 1. The second-order valence-corrected chi connectivity index (χ2v) is 8.06. The SMILES string of the molecule is CN=C(NCCc1csc(N2CCCC2)n1)NC1CCN(CC(N)=O)CC1.I. The number of guanidine groups is 1. The van der Waals surface area contributed by atoms with E-state index in [1.165, 1.54) is 12.8 Å². The van der Waals surface area contributed by atoms with E-state index in [0.29, 0.717) is 12.6 Å². The summed E-state index contributed by atoms with van der Waals surface area (Å²) in [6.07, 6.45) is 5.42. The summed E-state index contributed by atoms with van der Waals surface area (Å²) < 4.78 is 0. The highest BCUT2D eigenvalue weighted by Crippen LogP contribution is 2.24. The number of piperidine rings is 1. The molecule has 8 nitrogen and oxygen atoms in total. The largest absolute Gasteiger partial charge is 0.369 e. The van der Waals surface area contributed by atoms with Gasteiger partial charge in [0.25, 0.3) is 0 Å². The van der Waals surface area contributed by atoms with Crippen LogP contribution in [0.3, 0.4) is 0 Å². The molecule has 0 atom stereocenters. The number of anilines is 1. The average molecular weight is 521 g/mol. The van der Waals surface area contributed by atoms with Crippen molar-refractivity contribution in [3.8, 4) is 0 Å². The van der Waals surface area contributed by atoms with E-state index < -0.39 is 0 Å². The summed E-state index contributed by atoms with van der Waals surface area (Å²) in [4.78, 5) is 24.6. The predicted molar refractivity (Wildman–Crippen MR) is 126 cm³/mol. The number of thiazole rings is 1. The first-order valence-electron chi connectivity index (χ1n) is 9.81. The third kappa shape index (κ3) is 7.03. The molecule has 0 radical (unpaired) electrons. The van der Waals surface area contributed by atoms with E-state index in [2.05, 4.69) is 30.8 Å². The molecule has 3 heterocycles. The van der Waals surface area contributed by atoms with Crippen LogP contribution in [0.2, 0.25) is 0 Å². The van der Waals surface area contributed by atoms with Crippen molar-refractivity contribution in [1.29, 1.82) is 0 Å². The minimum absolute atomic E-state index is 0. The molecule has 158 valence electrons. The van der Waals surface area contributed by atoms with E-state index in [9.17, 15) is 4.79 Å². The summed E-state index contributed by atoms with van der Waals surface area (Å²) in [6.45, 7) is 5.21. The Kier molecular flexibility index (Phi) is 9.72. The Balaban J connectivity index is 0.00000280. The molecule has 10 heteroatoms. The molecular formula is C18H32IN7OS. The van der Waals surface area contributed by atoms with Crippen LogP contribution >= 0.6 is 35.3 Å². The van der Waals surface area contributed by atoms with E-state index in [4.69, 9.17) is 10.7 Å². The Labute approximate surface area is 188 Å². The van der Waals surface area contributed by atoms with E-state index in [-0.39, 0.29) is 29.9 Å². The van der Waals surface area contributed by atoms with Crippen molar-refractivity contribution >= 4 is 52.3 Å². The van der Waals surface area contributed by atoms with Crippen molar-refractivity contribution in [1.82, 2.24) is 20.5 Å². The van der Waals surface area contributed by atoms with Crippen molar-refractivity contribution in [2.45, 2.75) is 38.1 Å². The number of nitrogens with zero attached hydrogens (tertiary/aromatic N) is 4. The molecule has 2 aliphatic heterocycles. The normalized spacial score (nSPS) is 18.8. The molecule has 4 N–H and O–H groups in total. The van der Waals surface area contributed by atoms with Crippen molar-refractivity contribution < 1.29 is 4.79 Å². The maximum absolute atomic E-state index is 11.0. The Bertz CT molecular complexity index is 640. The van der Waals surface area contributed by atoms with Gasteiger partial charge in [-0.1, -0.05) is 0 Å². The lowest BCUT2D eigenvalue weighted by Crippen LogP contribution is -2.50. The Hall–Kier alpha value is -1.14. The number of nitrogens with one attached hydrogen (secondary N) is 2. The van der Waals surface area contributed by atoms with Crippen LogP contribution in [-0.2, 0) is 11.2 Å². The molecule has 0 spiro atoms. The third-order valence-corrected chi connectivity index (χ3v) is 6.07. The summed E-state index contributed by atoms with van der Waals surface area (Å²) in [5, 5.41) is 10.2. The maximum Gasteiger partial charge on any atom is 0.231 e. The summed E-state index contributed by atoms with van der Waals surface area (Å²) in [5.41, 5.74) is 6.41. The van der Waals surface area contributed by atoms with Gasteiger partial charge in [-0.15, -0.1) is 35.3 Å². The highest BCUT2D eigenvalue weighted by molar-refractivity contribution is 14.0. The molecular weight excluding hydrogens is 489 g/mol. The van der Waals surface area contributed by atoms with Crippen molar-refractivity contribution in [3.05, 3.63) is 11.1 Å². The second-order valence-electron chi connectivity index (χ2n) is 7.23. The first kappa shape index (κ1) is 23.1. The smallest absolute Gasteiger partial charge is 0.231 e. The first-order valence-corrected chi connectivity index (χ1v) is 10.7. The number of amides is 1. The molecule has 1 aromatic rings. The standard InChI is InChI=1S/C18H31N7OS.HI/c1-20-17(22-14-5-10-24(11-6-14)12-16(19)26)21-7-4-15-13-27-18(23-15)25-8-2-3-9-25;/h13-14H,2-12H2,1H3,(H2,19,26)(H2,20,21,22);1H. The molecule has 2 aliphatic rings. The zero-order chi connectivity index (χ0) is 19.1. The van der Waals surface area contributed by atoms with Gasteiger partial charge in [0.05, 0.1) is 12.2 Å². The molecule has 2 saturated heterocycles. The van der Waals surface area contributed by atoms with Gasteiger partial charge in [0, 0.05) is 57.6 Å². The van der Waals surface area contributed by atoms with Crippen LogP contribution in [0.25, 0.3) is 0 Å². The predicted octanol–water partition coefficient (Wildman–Crippen LogP) is 1.02. The number of hydrogen-bond acceptors (Lipinski definition) is 6. The number of hydrogen-bond donors (Lipinski definition) is 3. The molecule has 1 aromatic heterocycles. The van der Waals surface area contributed by atoms with Crippen LogP contribution in [0.5, 0.6) is 0 Å². The highest BCUT2D eigenvalue weighted by atomic mass is 127. The third-order valence-electron chi connectivity index (χ3n) is 5.12. The lowest BCUT2D eigenvalue weighted by molar-refractivity contribution is -0.119. The van der Waals surface area contributed by atoms with E-state index in [1.54, 1.807) is 18.4 Å². The van der Waals surface area contributed by atoms with Gasteiger partial charge in [-0.25, -0.2) is 4.98 Å². The molecule has 0 saturated carbocycles. The van der Waals surface area contributed by atoms with Gasteiger partial charge in [0.1, 0.15) is 0 Å². The van der Waals surface area contributed by atoms with Crippen LogP contribution in [0.4, 0.5) is 5.13 Å². The molecule has 0 bridgehead atoms. The molecule has 2 fully saturated rings. The van der Waals surface area contributed by atoms with Gasteiger partial charge in [-0.05, 0) is 25.7 Å². The minimum atomic E-state index is -0.256. The van der Waals surface area contributed by atoms with Gasteiger partial charge in [0.15, 0.2) is 11.1 Å². The van der Waals surface area contributed by atoms with Gasteiger partial charge in [0.2, 0.25) is 5.91 Å². The Morgan fingerprint density at radius 2 is 2.04 bits per heavy atom. The number of primary amides is 1. The topological polar surface area (TPSA) is 98.9 Å². The first-order chi connectivity index (χ1) is 13.1. The van der Waals surface area contributed by atoms with Gasteiger partial charge in [-0.3, -0.25) is 14.7 Å². The van der Waals surface area contributed by atoms with Crippen LogP contribution in [-0.4, -0.2) is 74.1 Å². The Morgan fingerprint density at radius 3 is 2.68 bits per heavy atom. The fraction of sp³-hybridized carbons (Fsp3) is 0.722. The molecule has 0 unspecified atom stereocenters. The molecule has 1 amide bonds. The summed E-state index contributed by atoms with van der Waals surface area (Å²) in [5.74, 6) is 0.576. The summed E-state index contributed by atoms with van der Waals surface area (Å²) >= 11 is 1.75. The van der Waals surface area contributed by atoms with Crippen molar-refractivity contribution in [2.24, 2.45) is 10.7 Å². The fourth-order valence-corrected chi connectivity index (χ4v) is 4.53. The van der Waals surface area contributed by atoms with Gasteiger partial charge < -0.3 is 21.3 Å². The van der Waals surface area contributed by atoms with Crippen LogP contribution in [0.15, 0.2) is 10.4 Å². The average Bonchev–Trinajstić information content (AvgIpc) is 3.33. The molecule has 28 heavy (non-hydrogen) atoms. The summed E-state index contributed by atoms with van der Waals surface area (Å²) in [7, 11) is 1.80. The number of carbonyl (C=O) groups is 1. The Morgan fingerprint density at radius 1 is 1.32 bits per heavy atom. The number of rotatable bonds is 7. The zero-order valence-corrected chi connectivity index (χ0v) is 19.7. The molecule has 3 rings (SSSR count). The van der Waals surface area contributed by atoms with E-state index in [1.807, 2.05) is 0 Å². The van der Waals surface area contributed by atoms with Crippen LogP contribution in [0.1, 0.15) is 31.4 Å². The number of likely N-dealkylation sites (tertiary alicyclic amines) is 1. The van der Waals surface area contributed by atoms with Crippen LogP contribution in [0, 0.1) is 0 Å². The zero-order valence-electron chi connectivity index (χ0n) is 16.5. The lowest BCUT2D eigenvalue weighted by Gasteiger charge is -2.32. The van der Waals surface area contributed by atoms with E-state index in [0.717, 1.165) is 68.8 Å². The van der Waals surface area contributed by atoms with Crippen molar-refractivity contribution in [2.75, 3.05) is 51.2 Å². The monoisotopic (exact) mass is 521 g/mol. The molecule has 0 aliphatic carbocycles. The number of halogens is 1. The molecule has 0 aromatic carbocycles. The number of aromatic nitrogens is 1. The van der Waals surface area contributed by atoms with Crippen LogP contribution < -0.4 is 21.3 Å². The number of carbonyl (C=O) groups excluding carboxylic acids is 1.